The molecule has 134 valence electrons. The lowest BCUT2D eigenvalue weighted by Crippen LogP contribution is -2.24. The van der Waals surface area contributed by atoms with Gasteiger partial charge in [-0.25, -0.2) is 0 Å². The van der Waals surface area contributed by atoms with E-state index in [-0.39, 0.29) is 11.3 Å². The summed E-state index contributed by atoms with van der Waals surface area (Å²) in [7, 11) is 0. The average Bonchev–Trinajstić information content (AvgIpc) is 2.67. The van der Waals surface area contributed by atoms with Crippen molar-refractivity contribution in [1.29, 1.82) is 5.26 Å². The van der Waals surface area contributed by atoms with Gasteiger partial charge in [-0.2, -0.15) is 5.26 Å². The van der Waals surface area contributed by atoms with Gasteiger partial charge in [0.2, 0.25) is 0 Å². The molecule has 2 aromatic rings. The quantitative estimate of drug-likeness (QED) is 0.593. The monoisotopic (exact) mass is 349 g/mol. The average molecular weight is 349 g/mol. The molecule has 0 fully saturated rings. The van der Waals surface area contributed by atoms with Crippen molar-refractivity contribution in [3.8, 4) is 11.8 Å². The minimum absolute atomic E-state index is 0.0398. The molecule has 0 radical (unpaired) electrons. The number of amides is 1. The molecule has 0 heterocycles. The molecule has 26 heavy (non-hydrogen) atoms. The number of nitrogens with one attached hydrogen (secondary N) is 1. The fourth-order valence-corrected chi connectivity index (χ4v) is 2.62. The van der Waals surface area contributed by atoms with Crippen LogP contribution in [-0.2, 0) is 11.3 Å². The molecule has 0 atom stereocenters. The number of carbonyl (C=O) groups excluding carboxylic acids is 1. The summed E-state index contributed by atoms with van der Waals surface area (Å²) >= 11 is 0. The van der Waals surface area contributed by atoms with Crippen molar-refractivity contribution >= 4 is 17.7 Å². The Morgan fingerprint density at radius 1 is 1.19 bits per heavy atom. The molecule has 2 rings (SSSR count). The summed E-state index contributed by atoms with van der Waals surface area (Å²) in [5.74, 6) is -0.429. The van der Waals surface area contributed by atoms with Crippen LogP contribution in [0.2, 0.25) is 0 Å². The van der Waals surface area contributed by atoms with Gasteiger partial charge in [0.1, 0.15) is 17.4 Å². The van der Waals surface area contributed by atoms with E-state index in [0.29, 0.717) is 12.1 Å². The smallest absolute Gasteiger partial charge is 0.262 e. The highest BCUT2D eigenvalue weighted by molar-refractivity contribution is 6.02. The van der Waals surface area contributed by atoms with Crippen molar-refractivity contribution in [2.75, 3.05) is 18.0 Å². The topological polar surface area (TPSA) is 76.4 Å². The van der Waals surface area contributed by atoms with E-state index in [0.717, 1.165) is 24.3 Å². The Balaban J connectivity index is 2.15. The second-order valence-electron chi connectivity index (χ2n) is 5.75. The molecule has 0 saturated heterocycles. The molecule has 5 heteroatoms. The lowest BCUT2D eigenvalue weighted by molar-refractivity contribution is -0.117. The first kappa shape index (κ1) is 19.1. The van der Waals surface area contributed by atoms with E-state index in [1.807, 2.05) is 56.3 Å². The first-order valence-corrected chi connectivity index (χ1v) is 8.60. The van der Waals surface area contributed by atoms with Crippen LogP contribution >= 0.6 is 0 Å². The number of carbonyl (C=O) groups is 1. The molecular weight excluding hydrogens is 326 g/mol. The summed E-state index contributed by atoms with van der Waals surface area (Å²) in [4.78, 5) is 14.3. The van der Waals surface area contributed by atoms with E-state index in [1.54, 1.807) is 12.1 Å². The van der Waals surface area contributed by atoms with Gasteiger partial charge < -0.3 is 15.3 Å². The third kappa shape index (κ3) is 4.87. The molecule has 0 aliphatic heterocycles. The summed E-state index contributed by atoms with van der Waals surface area (Å²) < 4.78 is 0. The van der Waals surface area contributed by atoms with Crippen molar-refractivity contribution in [2.24, 2.45) is 0 Å². The van der Waals surface area contributed by atoms with Gasteiger partial charge in [-0.15, -0.1) is 0 Å². The first-order chi connectivity index (χ1) is 12.6. The summed E-state index contributed by atoms with van der Waals surface area (Å²) in [5, 5.41) is 22.3. The van der Waals surface area contributed by atoms with E-state index in [1.165, 1.54) is 6.08 Å². The standard InChI is InChI=1S/C21H23N3O2/c1-3-24(4-2)19-11-10-17(20(25)13-19)12-18(14-22)21(26)23-15-16-8-6-5-7-9-16/h5-13,25H,3-4,15H2,1-2H3,(H,23,26)/b18-12+. The number of anilines is 1. The number of phenols is 1. The van der Waals surface area contributed by atoms with Gasteiger partial charge in [0.25, 0.3) is 5.91 Å². The molecule has 0 saturated carbocycles. The maximum Gasteiger partial charge on any atom is 0.262 e. The van der Waals surface area contributed by atoms with Gasteiger partial charge >= 0.3 is 0 Å². The molecule has 2 aromatic carbocycles. The second kappa shape index (κ2) is 9.28. The Morgan fingerprint density at radius 3 is 2.46 bits per heavy atom. The van der Waals surface area contributed by atoms with Crippen LogP contribution in [0.1, 0.15) is 25.0 Å². The molecule has 1 amide bonds. The van der Waals surface area contributed by atoms with E-state index < -0.39 is 5.91 Å². The van der Waals surface area contributed by atoms with Gasteiger partial charge in [-0.05, 0) is 37.6 Å². The lowest BCUT2D eigenvalue weighted by atomic mass is 10.1. The van der Waals surface area contributed by atoms with Crippen LogP contribution in [0.3, 0.4) is 0 Å². The number of rotatable bonds is 7. The van der Waals surface area contributed by atoms with E-state index in [9.17, 15) is 15.2 Å². The summed E-state index contributed by atoms with van der Waals surface area (Å²) in [6.45, 7) is 6.08. The van der Waals surface area contributed by atoms with Crippen LogP contribution in [-0.4, -0.2) is 24.1 Å². The Labute approximate surface area is 154 Å². The number of benzene rings is 2. The van der Waals surface area contributed by atoms with Crippen molar-refractivity contribution < 1.29 is 9.90 Å². The van der Waals surface area contributed by atoms with Gasteiger partial charge in [0, 0.05) is 37.0 Å². The molecule has 5 nitrogen and oxygen atoms in total. The summed E-state index contributed by atoms with van der Waals surface area (Å²) in [5.41, 5.74) is 2.24. The van der Waals surface area contributed by atoms with Crippen LogP contribution in [0.15, 0.2) is 54.1 Å². The number of nitrogens with zero attached hydrogens (tertiary/aromatic N) is 2. The zero-order valence-corrected chi connectivity index (χ0v) is 15.1. The maximum atomic E-state index is 12.2. The second-order valence-corrected chi connectivity index (χ2v) is 5.75. The Kier molecular flexibility index (Phi) is 6.81. The molecule has 0 bridgehead atoms. The predicted molar refractivity (Wildman–Crippen MR) is 104 cm³/mol. The number of nitriles is 1. The van der Waals surface area contributed by atoms with Crippen LogP contribution in [0, 0.1) is 11.3 Å². The Hall–Kier alpha value is -3.26. The van der Waals surface area contributed by atoms with Crippen molar-refractivity contribution in [3.63, 3.8) is 0 Å². The number of hydrogen-bond donors (Lipinski definition) is 2. The molecule has 0 aliphatic rings. The molecule has 2 N–H and O–H groups in total. The van der Waals surface area contributed by atoms with Crippen LogP contribution in [0.4, 0.5) is 5.69 Å². The van der Waals surface area contributed by atoms with E-state index in [2.05, 4.69) is 10.2 Å². The maximum absolute atomic E-state index is 12.2. The zero-order valence-electron chi connectivity index (χ0n) is 15.1. The fourth-order valence-electron chi connectivity index (χ4n) is 2.62. The van der Waals surface area contributed by atoms with E-state index in [4.69, 9.17) is 0 Å². The summed E-state index contributed by atoms with van der Waals surface area (Å²) in [6, 6.07) is 16.6. The Bertz CT molecular complexity index is 819. The minimum atomic E-state index is -0.469. The molecule has 0 unspecified atom stereocenters. The SMILES string of the molecule is CCN(CC)c1ccc(/C=C(\C#N)C(=O)NCc2ccccc2)c(O)c1. The Morgan fingerprint density at radius 2 is 1.88 bits per heavy atom. The largest absolute Gasteiger partial charge is 0.507 e. The predicted octanol–water partition coefficient (Wildman–Crippen LogP) is 3.46. The van der Waals surface area contributed by atoms with Gasteiger partial charge in [-0.1, -0.05) is 30.3 Å². The van der Waals surface area contributed by atoms with Crippen LogP contribution in [0.5, 0.6) is 5.75 Å². The highest BCUT2D eigenvalue weighted by Crippen LogP contribution is 2.26. The highest BCUT2D eigenvalue weighted by atomic mass is 16.3. The van der Waals surface area contributed by atoms with Crippen LogP contribution in [0.25, 0.3) is 6.08 Å². The van der Waals surface area contributed by atoms with E-state index >= 15 is 0 Å². The van der Waals surface area contributed by atoms with Crippen molar-refractivity contribution in [3.05, 3.63) is 65.2 Å². The first-order valence-electron chi connectivity index (χ1n) is 8.60. The normalized spacial score (nSPS) is 10.9. The van der Waals surface area contributed by atoms with Crippen molar-refractivity contribution in [2.45, 2.75) is 20.4 Å². The number of aromatic hydroxyl groups is 1. The highest BCUT2D eigenvalue weighted by Gasteiger charge is 2.11. The zero-order chi connectivity index (χ0) is 18.9. The van der Waals surface area contributed by atoms with Gasteiger partial charge in [0.05, 0.1) is 0 Å². The third-order valence-corrected chi connectivity index (χ3v) is 4.10. The number of hydrogen-bond acceptors (Lipinski definition) is 4. The van der Waals surface area contributed by atoms with Crippen LogP contribution < -0.4 is 10.2 Å². The van der Waals surface area contributed by atoms with Gasteiger partial charge in [0.15, 0.2) is 0 Å². The number of phenolic OH excluding ortho intramolecular Hbond substituents is 1. The third-order valence-electron chi connectivity index (χ3n) is 4.10. The molecule has 0 aliphatic carbocycles. The fraction of sp³-hybridized carbons (Fsp3) is 0.238. The summed E-state index contributed by atoms with van der Waals surface area (Å²) in [6.07, 6.45) is 1.40. The minimum Gasteiger partial charge on any atom is -0.507 e. The molecule has 0 aromatic heterocycles. The van der Waals surface area contributed by atoms with Crippen molar-refractivity contribution in [1.82, 2.24) is 5.32 Å². The lowest BCUT2D eigenvalue weighted by Gasteiger charge is -2.21. The molecular formula is C21H23N3O2. The molecule has 0 spiro atoms. The van der Waals surface area contributed by atoms with Gasteiger partial charge in [-0.3, -0.25) is 4.79 Å².